The van der Waals surface area contributed by atoms with E-state index in [1.54, 1.807) is 23.0 Å². The molecule has 2 amide bonds. The number of nitrogens with one attached hydrogen (secondary N) is 2. The number of carboxylic acids is 1. The second kappa shape index (κ2) is 7.64. The van der Waals surface area contributed by atoms with Crippen LogP contribution in [-0.2, 0) is 4.79 Å². The number of rotatable bonds is 6. The Bertz CT molecular complexity index is 697. The molecule has 0 aliphatic heterocycles. The number of aryl methyl sites for hydroxylation is 1. The Labute approximate surface area is 138 Å². The Morgan fingerprint density at radius 1 is 1.30 bits per heavy atom. The minimum atomic E-state index is -0.884. The Kier molecular flexibility index (Phi) is 5.59. The van der Waals surface area contributed by atoms with Gasteiger partial charge in [0, 0.05) is 29.7 Å². The summed E-state index contributed by atoms with van der Waals surface area (Å²) < 4.78 is 1.64. The summed E-state index contributed by atoms with van der Waals surface area (Å²) in [5.41, 5.74) is 1.63. The molecular weight excluding hydrogens is 320 g/mol. The molecule has 0 atom stereocenters. The number of aromatic nitrogens is 2. The number of hydrogen-bond donors (Lipinski definition) is 3. The highest BCUT2D eigenvalue weighted by atomic mass is 35.5. The number of carbonyl (C=O) groups excluding carboxylic acids is 1. The zero-order valence-electron chi connectivity index (χ0n) is 12.5. The maximum atomic E-state index is 11.8. The maximum absolute atomic E-state index is 11.8. The zero-order chi connectivity index (χ0) is 16.8. The molecule has 0 unspecified atom stereocenters. The summed E-state index contributed by atoms with van der Waals surface area (Å²) in [6.45, 7) is 2.12. The molecule has 0 radical (unpaired) electrons. The first-order valence-corrected chi connectivity index (χ1v) is 7.42. The minimum absolute atomic E-state index is 0.0184. The predicted octanol–water partition coefficient (Wildman–Crippen LogP) is 2.82. The van der Waals surface area contributed by atoms with Crippen LogP contribution in [0.2, 0.25) is 5.02 Å². The summed E-state index contributed by atoms with van der Waals surface area (Å²) in [5.74, 6) is -0.444. The number of urea groups is 1. The normalized spacial score (nSPS) is 10.3. The molecule has 0 aliphatic rings. The SMILES string of the molecule is Cc1cn(-c2ccc(Cl)cc2)nc1NC(=O)NCCCC(=O)O. The summed E-state index contributed by atoms with van der Waals surface area (Å²) in [6.07, 6.45) is 2.19. The van der Waals surface area contributed by atoms with Crippen molar-refractivity contribution in [3.8, 4) is 5.69 Å². The third kappa shape index (κ3) is 5.00. The molecule has 7 nitrogen and oxygen atoms in total. The largest absolute Gasteiger partial charge is 0.481 e. The predicted molar refractivity (Wildman–Crippen MR) is 87.2 cm³/mol. The second-order valence-electron chi connectivity index (χ2n) is 4.96. The van der Waals surface area contributed by atoms with E-state index in [2.05, 4.69) is 15.7 Å². The van der Waals surface area contributed by atoms with Gasteiger partial charge in [-0.1, -0.05) is 11.6 Å². The molecule has 122 valence electrons. The van der Waals surface area contributed by atoms with Crippen LogP contribution in [0.25, 0.3) is 5.69 Å². The van der Waals surface area contributed by atoms with E-state index in [1.165, 1.54) is 0 Å². The number of hydrogen-bond acceptors (Lipinski definition) is 3. The molecule has 0 fully saturated rings. The smallest absolute Gasteiger partial charge is 0.320 e. The quantitative estimate of drug-likeness (QED) is 0.707. The molecule has 8 heteroatoms. The van der Waals surface area contributed by atoms with Crippen LogP contribution in [0.1, 0.15) is 18.4 Å². The van der Waals surface area contributed by atoms with Crippen molar-refractivity contribution in [3.63, 3.8) is 0 Å². The van der Waals surface area contributed by atoms with E-state index in [9.17, 15) is 9.59 Å². The lowest BCUT2D eigenvalue weighted by Gasteiger charge is -2.05. The van der Waals surface area contributed by atoms with E-state index in [-0.39, 0.29) is 13.0 Å². The van der Waals surface area contributed by atoms with Crippen molar-refractivity contribution in [2.24, 2.45) is 0 Å². The molecule has 1 heterocycles. The van der Waals surface area contributed by atoms with Gasteiger partial charge in [-0.15, -0.1) is 5.10 Å². The van der Waals surface area contributed by atoms with Crippen LogP contribution < -0.4 is 10.6 Å². The average Bonchev–Trinajstić information content (AvgIpc) is 2.85. The van der Waals surface area contributed by atoms with Crippen LogP contribution in [-0.4, -0.2) is 33.4 Å². The molecule has 0 saturated heterocycles. The Hall–Kier alpha value is -2.54. The van der Waals surface area contributed by atoms with Crippen LogP contribution in [0.15, 0.2) is 30.5 Å². The first-order chi connectivity index (χ1) is 11.0. The minimum Gasteiger partial charge on any atom is -0.481 e. The van der Waals surface area contributed by atoms with Gasteiger partial charge in [-0.25, -0.2) is 9.48 Å². The van der Waals surface area contributed by atoms with Gasteiger partial charge in [-0.2, -0.15) is 0 Å². The first kappa shape index (κ1) is 16.8. The van der Waals surface area contributed by atoms with Gasteiger partial charge in [-0.05, 0) is 37.6 Å². The molecule has 3 N–H and O–H groups in total. The summed E-state index contributed by atoms with van der Waals surface area (Å²) in [5, 5.41) is 18.7. The number of carboxylic acid groups (broad SMARTS) is 1. The van der Waals surface area contributed by atoms with Gasteiger partial charge < -0.3 is 10.4 Å². The van der Waals surface area contributed by atoms with E-state index in [0.29, 0.717) is 17.3 Å². The molecule has 2 rings (SSSR count). The molecule has 0 spiro atoms. The van der Waals surface area contributed by atoms with Gasteiger partial charge in [0.25, 0.3) is 0 Å². The van der Waals surface area contributed by atoms with Crippen molar-refractivity contribution in [1.29, 1.82) is 0 Å². The lowest BCUT2D eigenvalue weighted by Crippen LogP contribution is -2.30. The van der Waals surface area contributed by atoms with Crippen LogP contribution in [0.5, 0.6) is 0 Å². The van der Waals surface area contributed by atoms with Crippen molar-refractivity contribution in [3.05, 3.63) is 41.0 Å². The van der Waals surface area contributed by atoms with Crippen molar-refractivity contribution >= 4 is 29.4 Å². The topological polar surface area (TPSA) is 96.3 Å². The van der Waals surface area contributed by atoms with Crippen LogP contribution >= 0.6 is 11.6 Å². The third-order valence-corrected chi connectivity index (χ3v) is 3.33. The monoisotopic (exact) mass is 336 g/mol. The number of anilines is 1. The second-order valence-corrected chi connectivity index (χ2v) is 5.40. The molecule has 2 aromatic rings. The van der Waals surface area contributed by atoms with Crippen LogP contribution in [0.3, 0.4) is 0 Å². The van der Waals surface area contributed by atoms with Gasteiger partial charge in [0.05, 0.1) is 5.69 Å². The maximum Gasteiger partial charge on any atom is 0.320 e. The highest BCUT2D eigenvalue weighted by Gasteiger charge is 2.10. The molecule has 23 heavy (non-hydrogen) atoms. The number of amides is 2. The summed E-state index contributed by atoms with van der Waals surface area (Å²) >= 11 is 5.85. The average molecular weight is 337 g/mol. The lowest BCUT2D eigenvalue weighted by molar-refractivity contribution is -0.137. The summed E-state index contributed by atoms with van der Waals surface area (Å²) in [7, 11) is 0. The van der Waals surface area contributed by atoms with Gasteiger partial charge >= 0.3 is 12.0 Å². The summed E-state index contributed by atoms with van der Waals surface area (Å²) in [6, 6.07) is 6.75. The molecule has 0 bridgehead atoms. The van der Waals surface area contributed by atoms with E-state index < -0.39 is 12.0 Å². The molecule has 1 aromatic heterocycles. The third-order valence-electron chi connectivity index (χ3n) is 3.07. The highest BCUT2D eigenvalue weighted by Crippen LogP contribution is 2.17. The molecular formula is C15H17ClN4O3. The highest BCUT2D eigenvalue weighted by molar-refractivity contribution is 6.30. The fourth-order valence-corrected chi connectivity index (χ4v) is 2.03. The fraction of sp³-hybridized carbons (Fsp3) is 0.267. The first-order valence-electron chi connectivity index (χ1n) is 7.04. The zero-order valence-corrected chi connectivity index (χ0v) is 13.3. The van der Waals surface area contributed by atoms with Crippen molar-refractivity contribution < 1.29 is 14.7 Å². The van der Waals surface area contributed by atoms with E-state index in [0.717, 1.165) is 11.3 Å². The van der Waals surface area contributed by atoms with Gasteiger partial charge in [0.2, 0.25) is 0 Å². The lowest BCUT2D eigenvalue weighted by atomic mass is 10.3. The number of halogens is 1. The number of carbonyl (C=O) groups is 2. The summed E-state index contributed by atoms with van der Waals surface area (Å²) in [4.78, 5) is 22.2. The van der Waals surface area contributed by atoms with Gasteiger partial charge in [0.1, 0.15) is 0 Å². The van der Waals surface area contributed by atoms with Gasteiger partial charge in [-0.3, -0.25) is 10.1 Å². The molecule has 0 aliphatic carbocycles. The molecule has 1 aromatic carbocycles. The van der Waals surface area contributed by atoms with E-state index in [1.807, 2.05) is 19.1 Å². The number of nitrogens with zero attached hydrogens (tertiary/aromatic N) is 2. The van der Waals surface area contributed by atoms with Crippen molar-refractivity contribution in [1.82, 2.24) is 15.1 Å². The Balaban J connectivity index is 1.94. The Morgan fingerprint density at radius 3 is 2.65 bits per heavy atom. The van der Waals surface area contributed by atoms with Gasteiger partial charge in [0.15, 0.2) is 5.82 Å². The molecule has 0 saturated carbocycles. The van der Waals surface area contributed by atoms with E-state index in [4.69, 9.17) is 16.7 Å². The standard InChI is InChI=1S/C15H17ClN4O3/c1-10-9-20(12-6-4-11(16)5-7-12)19-14(10)18-15(23)17-8-2-3-13(21)22/h4-7,9H,2-3,8H2,1H3,(H,21,22)(H2,17,18,19,23). The van der Waals surface area contributed by atoms with Crippen molar-refractivity contribution in [2.75, 3.05) is 11.9 Å². The fourth-order valence-electron chi connectivity index (χ4n) is 1.90. The number of aliphatic carboxylic acids is 1. The number of benzene rings is 1. The van der Waals surface area contributed by atoms with Crippen LogP contribution in [0, 0.1) is 6.92 Å². The Morgan fingerprint density at radius 2 is 2.00 bits per heavy atom. The van der Waals surface area contributed by atoms with E-state index >= 15 is 0 Å². The van der Waals surface area contributed by atoms with Crippen molar-refractivity contribution in [2.45, 2.75) is 19.8 Å². The van der Waals surface area contributed by atoms with Crippen LogP contribution in [0.4, 0.5) is 10.6 Å².